The summed E-state index contributed by atoms with van der Waals surface area (Å²) in [5, 5.41) is 29.4. The molecule has 1 heterocycles. The van der Waals surface area contributed by atoms with Gasteiger partial charge in [0.1, 0.15) is 5.69 Å². The molecule has 21 heavy (non-hydrogen) atoms. The van der Waals surface area contributed by atoms with Gasteiger partial charge in [-0.05, 0) is 6.07 Å². The number of rotatable bonds is 6. The Morgan fingerprint density at radius 1 is 1.43 bits per heavy atom. The Balaban J connectivity index is 2.18. The Labute approximate surface area is 117 Å². The molecular weight excluding hydrogens is 288 g/mol. The van der Waals surface area contributed by atoms with Gasteiger partial charge in [-0.25, -0.2) is 13.5 Å². The van der Waals surface area contributed by atoms with E-state index in [0.717, 1.165) is 6.07 Å². The van der Waals surface area contributed by atoms with Crippen molar-refractivity contribution in [2.75, 3.05) is 11.9 Å². The smallest absolute Gasteiger partial charge is 0.295 e. The number of nitrogens with zero attached hydrogens (tertiary/aromatic N) is 4. The molecule has 0 aliphatic rings. The zero-order valence-electron chi connectivity index (χ0n) is 10.7. The van der Waals surface area contributed by atoms with Gasteiger partial charge in [-0.2, -0.15) is 0 Å². The van der Waals surface area contributed by atoms with Gasteiger partial charge in [0.05, 0.1) is 30.8 Å². The van der Waals surface area contributed by atoms with Crippen LogP contribution in [0, 0.1) is 21.7 Å². The number of anilines is 1. The molecule has 0 aliphatic carbocycles. The molecule has 0 radical (unpaired) electrons. The van der Waals surface area contributed by atoms with Gasteiger partial charge in [0, 0.05) is 6.07 Å². The number of hydrogen-bond donors (Lipinski definition) is 2. The van der Waals surface area contributed by atoms with Gasteiger partial charge in [-0.15, -0.1) is 5.10 Å². The monoisotopic (exact) mass is 299 g/mol. The molecule has 112 valence electrons. The predicted octanol–water partition coefficient (Wildman–Crippen LogP) is 1.07. The molecule has 1 aromatic heterocycles. The molecule has 2 aromatic rings. The number of aliphatic hydroxyl groups excluding tert-OH is 1. The molecular formula is C11H11F2N5O3. The van der Waals surface area contributed by atoms with Crippen LogP contribution in [0.4, 0.5) is 20.2 Å². The Bertz CT molecular complexity index is 661. The topological polar surface area (TPSA) is 106 Å². The number of aliphatic hydroxyl groups is 1. The summed E-state index contributed by atoms with van der Waals surface area (Å²) >= 11 is 0. The highest BCUT2D eigenvalue weighted by molar-refractivity contribution is 5.62. The number of hydrogen-bond acceptors (Lipinski definition) is 6. The van der Waals surface area contributed by atoms with E-state index in [2.05, 4.69) is 15.6 Å². The SMILES string of the molecule is O=[N+]([O-])c1ccc(F)c(F)c1NCc1cn(CCO)nn1. The van der Waals surface area contributed by atoms with Crippen molar-refractivity contribution in [3.63, 3.8) is 0 Å². The number of halogens is 2. The van der Waals surface area contributed by atoms with Gasteiger partial charge in [-0.1, -0.05) is 5.21 Å². The highest BCUT2D eigenvalue weighted by Crippen LogP contribution is 2.29. The van der Waals surface area contributed by atoms with E-state index in [1.165, 1.54) is 10.9 Å². The maximum Gasteiger partial charge on any atom is 0.295 e. The normalized spacial score (nSPS) is 10.6. The van der Waals surface area contributed by atoms with Gasteiger partial charge in [0.2, 0.25) is 0 Å². The molecule has 0 amide bonds. The van der Waals surface area contributed by atoms with Crippen LogP contribution >= 0.6 is 0 Å². The number of benzene rings is 1. The molecule has 2 N–H and O–H groups in total. The first-order valence-electron chi connectivity index (χ1n) is 5.89. The van der Waals surface area contributed by atoms with E-state index in [1.54, 1.807) is 0 Å². The summed E-state index contributed by atoms with van der Waals surface area (Å²) in [4.78, 5) is 9.99. The summed E-state index contributed by atoms with van der Waals surface area (Å²) in [6.07, 6.45) is 1.48. The van der Waals surface area contributed by atoms with Gasteiger partial charge >= 0.3 is 0 Å². The van der Waals surface area contributed by atoms with Crippen molar-refractivity contribution in [2.24, 2.45) is 0 Å². The highest BCUT2D eigenvalue weighted by Gasteiger charge is 2.21. The zero-order valence-corrected chi connectivity index (χ0v) is 10.7. The second-order valence-corrected chi connectivity index (χ2v) is 4.06. The standard InChI is InChI=1S/C11H11F2N5O3/c12-8-1-2-9(18(20)21)11(10(8)13)14-5-7-6-17(3-4-19)16-15-7/h1-2,6,14,19H,3-5H2. The van der Waals surface area contributed by atoms with E-state index in [1.807, 2.05) is 0 Å². The molecule has 1 aromatic carbocycles. The molecule has 0 saturated heterocycles. The third-order valence-corrected chi connectivity index (χ3v) is 2.63. The fourth-order valence-corrected chi connectivity index (χ4v) is 1.67. The molecule has 0 atom stereocenters. The molecule has 0 unspecified atom stereocenters. The number of nitrogens with one attached hydrogen (secondary N) is 1. The summed E-state index contributed by atoms with van der Waals surface area (Å²) in [5.74, 6) is -2.51. The Kier molecular flexibility index (Phi) is 4.38. The van der Waals surface area contributed by atoms with Crippen molar-refractivity contribution in [1.29, 1.82) is 0 Å². The van der Waals surface area contributed by atoms with Crippen molar-refractivity contribution in [3.8, 4) is 0 Å². The fraction of sp³-hybridized carbons (Fsp3) is 0.273. The lowest BCUT2D eigenvalue weighted by molar-refractivity contribution is -0.384. The van der Waals surface area contributed by atoms with E-state index in [9.17, 15) is 18.9 Å². The molecule has 0 aliphatic heterocycles. The van der Waals surface area contributed by atoms with Crippen LogP contribution in [0.15, 0.2) is 18.3 Å². The fourth-order valence-electron chi connectivity index (χ4n) is 1.67. The molecule has 8 nitrogen and oxygen atoms in total. The molecule has 2 rings (SSSR count). The highest BCUT2D eigenvalue weighted by atomic mass is 19.2. The summed E-state index contributed by atoms with van der Waals surface area (Å²) in [7, 11) is 0. The van der Waals surface area contributed by atoms with Crippen LogP contribution in [0.1, 0.15) is 5.69 Å². The van der Waals surface area contributed by atoms with E-state index in [4.69, 9.17) is 5.11 Å². The lowest BCUT2D eigenvalue weighted by atomic mass is 10.2. The Hall–Kier alpha value is -2.62. The molecule has 0 fully saturated rings. The van der Waals surface area contributed by atoms with Crippen LogP contribution in [0.25, 0.3) is 0 Å². The number of nitro benzene ring substituents is 1. The van der Waals surface area contributed by atoms with Crippen molar-refractivity contribution in [2.45, 2.75) is 13.1 Å². The maximum absolute atomic E-state index is 13.6. The third kappa shape index (κ3) is 3.28. The minimum absolute atomic E-state index is 0.0767. The van der Waals surface area contributed by atoms with Crippen LogP contribution in [0.3, 0.4) is 0 Å². The summed E-state index contributed by atoms with van der Waals surface area (Å²) in [5.41, 5.74) is -0.755. The first-order chi connectivity index (χ1) is 10.0. The van der Waals surface area contributed by atoms with Crippen molar-refractivity contribution in [1.82, 2.24) is 15.0 Å². The van der Waals surface area contributed by atoms with Gasteiger partial charge in [0.15, 0.2) is 17.3 Å². The van der Waals surface area contributed by atoms with Gasteiger partial charge < -0.3 is 10.4 Å². The van der Waals surface area contributed by atoms with Gasteiger partial charge in [0.25, 0.3) is 5.69 Å². The quantitative estimate of drug-likeness (QED) is 0.610. The second-order valence-electron chi connectivity index (χ2n) is 4.06. The van der Waals surface area contributed by atoms with Crippen molar-refractivity contribution < 1.29 is 18.8 Å². The first-order valence-corrected chi connectivity index (χ1v) is 5.89. The average Bonchev–Trinajstić information content (AvgIpc) is 2.88. The number of nitro groups is 1. The van der Waals surface area contributed by atoms with Crippen LogP contribution in [-0.4, -0.2) is 31.6 Å². The van der Waals surface area contributed by atoms with Crippen LogP contribution < -0.4 is 5.32 Å². The van der Waals surface area contributed by atoms with E-state index in [0.29, 0.717) is 11.8 Å². The first kappa shape index (κ1) is 14.8. The Morgan fingerprint density at radius 2 is 2.19 bits per heavy atom. The maximum atomic E-state index is 13.6. The van der Waals surface area contributed by atoms with Crippen LogP contribution in [-0.2, 0) is 13.1 Å². The average molecular weight is 299 g/mol. The minimum Gasteiger partial charge on any atom is -0.394 e. The predicted molar refractivity (Wildman–Crippen MR) is 67.4 cm³/mol. The summed E-state index contributed by atoms with van der Waals surface area (Å²) < 4.78 is 28.1. The molecule has 0 spiro atoms. The van der Waals surface area contributed by atoms with Crippen molar-refractivity contribution >= 4 is 11.4 Å². The van der Waals surface area contributed by atoms with E-state index in [-0.39, 0.29) is 19.7 Å². The lowest BCUT2D eigenvalue weighted by Gasteiger charge is -2.07. The summed E-state index contributed by atoms with van der Waals surface area (Å²) in [6.45, 7) is 0.0361. The minimum atomic E-state index is -1.33. The number of aromatic nitrogens is 3. The molecule has 0 bridgehead atoms. The van der Waals surface area contributed by atoms with E-state index < -0.39 is 27.9 Å². The molecule has 10 heteroatoms. The zero-order chi connectivity index (χ0) is 15.4. The Morgan fingerprint density at radius 3 is 2.86 bits per heavy atom. The lowest BCUT2D eigenvalue weighted by Crippen LogP contribution is -2.06. The van der Waals surface area contributed by atoms with Crippen molar-refractivity contribution in [3.05, 3.63) is 45.8 Å². The van der Waals surface area contributed by atoms with Crippen LogP contribution in [0.2, 0.25) is 0 Å². The van der Waals surface area contributed by atoms with E-state index >= 15 is 0 Å². The largest absolute Gasteiger partial charge is 0.394 e. The van der Waals surface area contributed by atoms with Gasteiger partial charge in [-0.3, -0.25) is 10.1 Å². The third-order valence-electron chi connectivity index (χ3n) is 2.63. The second kappa shape index (κ2) is 6.22. The summed E-state index contributed by atoms with van der Waals surface area (Å²) in [6, 6.07) is 1.57. The molecule has 0 saturated carbocycles. The van der Waals surface area contributed by atoms with Crippen LogP contribution in [0.5, 0.6) is 0 Å².